The van der Waals surface area contributed by atoms with Gasteiger partial charge in [-0.25, -0.2) is 4.39 Å². The molecule has 1 aromatic heterocycles. The summed E-state index contributed by atoms with van der Waals surface area (Å²) < 4.78 is 16.2. The van der Waals surface area contributed by atoms with E-state index in [-0.39, 0.29) is 16.6 Å². The van der Waals surface area contributed by atoms with Crippen molar-refractivity contribution in [2.24, 2.45) is 10.1 Å². The van der Waals surface area contributed by atoms with Gasteiger partial charge in [0.05, 0.1) is 5.57 Å². The summed E-state index contributed by atoms with van der Waals surface area (Å²) in [6, 6.07) is 15.7. The fourth-order valence-corrected chi connectivity index (χ4v) is 4.94. The first-order valence-electron chi connectivity index (χ1n) is 10.0. The number of halogens is 2. The van der Waals surface area contributed by atoms with Gasteiger partial charge in [0.2, 0.25) is 5.17 Å². The fraction of sp³-hybridized carbons (Fsp3) is 0.0833. The van der Waals surface area contributed by atoms with Gasteiger partial charge in [0, 0.05) is 27.7 Å². The molecule has 33 heavy (non-hydrogen) atoms. The number of aryl methyl sites for hydroxylation is 1. The van der Waals surface area contributed by atoms with Gasteiger partial charge in [-0.15, -0.1) is 0 Å². The van der Waals surface area contributed by atoms with Crippen LogP contribution in [-0.4, -0.2) is 31.5 Å². The van der Waals surface area contributed by atoms with Crippen LogP contribution in [0, 0.1) is 25.1 Å². The lowest BCUT2D eigenvalue weighted by atomic mass is 10.1. The summed E-state index contributed by atoms with van der Waals surface area (Å²) in [4.78, 5) is 16.9. The van der Waals surface area contributed by atoms with E-state index in [1.165, 1.54) is 11.1 Å². The number of carbonyl (C=O) groups excluding carboxylic acids is 1. The third-order valence-electron chi connectivity index (χ3n) is 5.40. The van der Waals surface area contributed by atoms with Gasteiger partial charge >= 0.3 is 0 Å². The smallest absolute Gasteiger partial charge is 0.283 e. The standard InChI is InChI=1S/C24H17ClFN5OS/c1-13-10-15(14(2)30(13)17-7-5-6-16(25)12-17)11-19-21(27)31-24(28-22(19)32)33-23(29-31)18-8-3-4-9-20(18)26/h3-12,27H,1-2H3/b19-11-,27-21?. The summed E-state index contributed by atoms with van der Waals surface area (Å²) in [6.07, 6.45) is 1.65. The molecule has 0 bridgehead atoms. The maximum absolute atomic E-state index is 14.2. The van der Waals surface area contributed by atoms with Crippen LogP contribution in [0.1, 0.15) is 22.5 Å². The Bertz CT molecular complexity index is 1440. The Hall–Kier alpha value is -3.49. The van der Waals surface area contributed by atoms with Crippen molar-refractivity contribution < 1.29 is 9.18 Å². The topological polar surface area (TPSA) is 73.8 Å². The van der Waals surface area contributed by atoms with Crippen molar-refractivity contribution in [3.63, 3.8) is 0 Å². The van der Waals surface area contributed by atoms with Crippen molar-refractivity contribution in [3.8, 4) is 5.69 Å². The molecule has 0 fully saturated rings. The number of hydrazone groups is 1. The molecule has 9 heteroatoms. The first-order valence-corrected chi connectivity index (χ1v) is 11.2. The van der Waals surface area contributed by atoms with E-state index >= 15 is 0 Å². The van der Waals surface area contributed by atoms with Crippen molar-refractivity contribution in [2.45, 2.75) is 13.8 Å². The van der Waals surface area contributed by atoms with Gasteiger partial charge < -0.3 is 4.57 Å². The van der Waals surface area contributed by atoms with E-state index < -0.39 is 11.7 Å². The largest absolute Gasteiger partial charge is 0.318 e. The van der Waals surface area contributed by atoms with Gasteiger partial charge in [0.25, 0.3) is 5.91 Å². The molecule has 0 atom stereocenters. The lowest BCUT2D eigenvalue weighted by Crippen LogP contribution is -2.35. The number of benzene rings is 2. The quantitative estimate of drug-likeness (QED) is 0.502. The lowest BCUT2D eigenvalue weighted by Gasteiger charge is -2.20. The predicted molar refractivity (Wildman–Crippen MR) is 131 cm³/mol. The number of fused-ring (bicyclic) bond motifs is 1. The summed E-state index contributed by atoms with van der Waals surface area (Å²) in [5.41, 5.74) is 3.95. The molecule has 6 nitrogen and oxygen atoms in total. The second-order valence-corrected chi connectivity index (χ2v) is 8.94. The van der Waals surface area contributed by atoms with Crippen LogP contribution in [0.3, 0.4) is 0 Å². The molecule has 0 saturated heterocycles. The van der Waals surface area contributed by atoms with Crippen LogP contribution < -0.4 is 0 Å². The molecule has 3 aromatic rings. The number of thioether (sulfide) groups is 1. The number of aliphatic imine (C=N–C) groups is 1. The molecule has 1 N–H and O–H groups in total. The minimum atomic E-state index is -0.531. The second kappa shape index (κ2) is 8.13. The maximum Gasteiger partial charge on any atom is 0.283 e. The number of carbonyl (C=O) groups is 1. The summed E-state index contributed by atoms with van der Waals surface area (Å²) in [5, 5.41) is 15.4. The minimum absolute atomic E-state index is 0.101. The Morgan fingerprint density at radius 1 is 1.12 bits per heavy atom. The highest BCUT2D eigenvalue weighted by Gasteiger charge is 2.36. The predicted octanol–water partition coefficient (Wildman–Crippen LogP) is 5.55. The summed E-state index contributed by atoms with van der Waals surface area (Å²) in [7, 11) is 0. The molecule has 2 aliphatic rings. The zero-order valence-electron chi connectivity index (χ0n) is 17.6. The van der Waals surface area contributed by atoms with Crippen molar-refractivity contribution in [1.82, 2.24) is 9.58 Å². The van der Waals surface area contributed by atoms with E-state index in [0.29, 0.717) is 15.6 Å². The normalized spacial score (nSPS) is 16.8. The van der Waals surface area contributed by atoms with E-state index in [4.69, 9.17) is 17.0 Å². The fourth-order valence-electron chi connectivity index (χ4n) is 3.84. The van der Waals surface area contributed by atoms with E-state index in [2.05, 4.69) is 10.1 Å². The molecule has 0 radical (unpaired) electrons. The molecule has 5 rings (SSSR count). The molecule has 0 unspecified atom stereocenters. The average Bonchev–Trinajstić information content (AvgIpc) is 3.32. The molecule has 0 aliphatic carbocycles. The summed E-state index contributed by atoms with van der Waals surface area (Å²) >= 11 is 7.23. The van der Waals surface area contributed by atoms with E-state index in [1.807, 2.05) is 48.7 Å². The third-order valence-corrected chi connectivity index (χ3v) is 6.57. The van der Waals surface area contributed by atoms with Gasteiger partial charge in [-0.2, -0.15) is 15.1 Å². The molecule has 1 amide bonds. The molecule has 0 spiro atoms. The minimum Gasteiger partial charge on any atom is -0.318 e. The number of amides is 1. The Labute approximate surface area is 198 Å². The Kier molecular flexibility index (Phi) is 5.26. The Morgan fingerprint density at radius 3 is 2.67 bits per heavy atom. The molecule has 3 heterocycles. The summed E-state index contributed by atoms with van der Waals surface area (Å²) in [6.45, 7) is 3.90. The van der Waals surface area contributed by atoms with Gasteiger partial charge in [-0.05, 0) is 73.6 Å². The van der Waals surface area contributed by atoms with Crippen molar-refractivity contribution in [2.75, 3.05) is 0 Å². The van der Waals surface area contributed by atoms with E-state index in [0.717, 1.165) is 34.4 Å². The van der Waals surface area contributed by atoms with E-state index in [1.54, 1.807) is 24.3 Å². The highest BCUT2D eigenvalue weighted by atomic mass is 35.5. The number of hydrogen-bond acceptors (Lipinski definition) is 4. The zero-order valence-corrected chi connectivity index (χ0v) is 19.2. The first-order chi connectivity index (χ1) is 15.8. The molecular formula is C24H17ClFN5OS. The molecular weight excluding hydrogens is 461 g/mol. The zero-order chi connectivity index (χ0) is 23.3. The van der Waals surface area contributed by atoms with Crippen LogP contribution in [-0.2, 0) is 4.79 Å². The lowest BCUT2D eigenvalue weighted by molar-refractivity contribution is -0.114. The maximum atomic E-state index is 14.2. The van der Waals surface area contributed by atoms with Gasteiger partial charge in [-0.3, -0.25) is 10.2 Å². The molecule has 164 valence electrons. The number of nitrogens with one attached hydrogen (secondary N) is 1. The Balaban J connectivity index is 1.53. The number of aromatic nitrogens is 1. The van der Waals surface area contributed by atoms with Crippen molar-refractivity contribution >= 4 is 51.4 Å². The number of nitrogens with zero attached hydrogens (tertiary/aromatic N) is 4. The van der Waals surface area contributed by atoms with Crippen LogP contribution in [0.15, 0.2) is 70.3 Å². The highest BCUT2D eigenvalue weighted by molar-refractivity contribution is 8.27. The molecule has 2 aliphatic heterocycles. The second-order valence-electron chi connectivity index (χ2n) is 7.55. The van der Waals surface area contributed by atoms with Crippen LogP contribution in [0.2, 0.25) is 5.02 Å². The van der Waals surface area contributed by atoms with Gasteiger partial charge in [0.15, 0.2) is 5.84 Å². The van der Waals surface area contributed by atoms with Gasteiger partial charge in [-0.1, -0.05) is 29.8 Å². The monoisotopic (exact) mass is 477 g/mol. The van der Waals surface area contributed by atoms with Crippen LogP contribution >= 0.6 is 23.4 Å². The van der Waals surface area contributed by atoms with Crippen LogP contribution in [0.4, 0.5) is 4.39 Å². The van der Waals surface area contributed by atoms with Crippen LogP contribution in [0.5, 0.6) is 0 Å². The van der Waals surface area contributed by atoms with Crippen molar-refractivity contribution in [3.05, 3.63) is 93.5 Å². The highest BCUT2D eigenvalue weighted by Crippen LogP contribution is 2.32. The first kappa shape index (κ1) is 21.4. The summed E-state index contributed by atoms with van der Waals surface area (Å²) in [5.74, 6) is -1.06. The molecule has 2 aromatic carbocycles. The Morgan fingerprint density at radius 2 is 1.91 bits per heavy atom. The molecule has 0 saturated carbocycles. The van der Waals surface area contributed by atoms with Crippen molar-refractivity contribution in [1.29, 1.82) is 5.41 Å². The SMILES string of the molecule is Cc1cc(/C=C2/C(=N)N3N=C(c4ccccc4F)SC3=NC2=O)c(C)n1-c1cccc(Cl)c1. The number of rotatable bonds is 3. The third kappa shape index (κ3) is 3.71. The van der Waals surface area contributed by atoms with Gasteiger partial charge in [0.1, 0.15) is 10.9 Å². The van der Waals surface area contributed by atoms with E-state index in [9.17, 15) is 9.18 Å². The van der Waals surface area contributed by atoms with Crippen LogP contribution in [0.25, 0.3) is 11.8 Å². The number of amidine groups is 2. The average molecular weight is 478 g/mol. The number of hydrogen-bond donors (Lipinski definition) is 1.